The second-order valence-corrected chi connectivity index (χ2v) is 9.30. The van der Waals surface area contributed by atoms with Crippen LogP contribution in [0, 0.1) is 0 Å². The van der Waals surface area contributed by atoms with E-state index in [0.717, 1.165) is 27.6 Å². The summed E-state index contributed by atoms with van der Waals surface area (Å²) in [5.74, 6) is 1.80. The Bertz CT molecular complexity index is 1150. The molecule has 2 aliphatic heterocycles. The number of halogens is 1. The van der Waals surface area contributed by atoms with Crippen molar-refractivity contribution in [2.75, 3.05) is 7.11 Å². The number of ether oxygens (including phenoxy) is 2. The third-order valence-electron chi connectivity index (χ3n) is 5.62. The molecule has 0 aromatic heterocycles. The van der Waals surface area contributed by atoms with E-state index in [2.05, 4.69) is 56.3 Å². The smallest absolute Gasteiger partial charge is 0.128 e. The van der Waals surface area contributed by atoms with Crippen molar-refractivity contribution in [3.05, 3.63) is 94.0 Å². The topological polar surface area (TPSA) is 18.5 Å². The van der Waals surface area contributed by atoms with Gasteiger partial charge in [-0.25, -0.2) is 0 Å². The summed E-state index contributed by atoms with van der Waals surface area (Å²) in [6.07, 6.45) is 0. The number of thioether (sulfide) groups is 1. The van der Waals surface area contributed by atoms with Gasteiger partial charge in [0.1, 0.15) is 17.1 Å². The van der Waals surface area contributed by atoms with Crippen LogP contribution in [0.3, 0.4) is 0 Å². The number of fused-ring (bicyclic) bond motifs is 3. The molecule has 0 spiro atoms. The molecule has 5 rings (SSSR count). The standard InChI is InChI=1S/C25H21ClO2S/c1-25(2)23-22(16-8-4-6-10-19(16)27-3)18-14-15(26)12-13-21(18)29-24(23)17-9-5-7-11-20(17)28-25/h4-14,22H,1-3H3. The lowest BCUT2D eigenvalue weighted by Gasteiger charge is -2.43. The molecular weight excluding hydrogens is 400 g/mol. The maximum absolute atomic E-state index is 6.51. The highest BCUT2D eigenvalue weighted by molar-refractivity contribution is 8.08. The van der Waals surface area contributed by atoms with Gasteiger partial charge in [0.15, 0.2) is 0 Å². The van der Waals surface area contributed by atoms with Crippen LogP contribution in [0.5, 0.6) is 11.5 Å². The van der Waals surface area contributed by atoms with E-state index >= 15 is 0 Å². The number of methoxy groups -OCH3 is 1. The molecule has 0 saturated carbocycles. The van der Waals surface area contributed by atoms with Crippen LogP contribution < -0.4 is 9.47 Å². The zero-order valence-corrected chi connectivity index (χ0v) is 18.1. The molecule has 0 N–H and O–H groups in total. The summed E-state index contributed by atoms with van der Waals surface area (Å²) < 4.78 is 12.3. The average molecular weight is 421 g/mol. The van der Waals surface area contributed by atoms with Crippen molar-refractivity contribution < 1.29 is 9.47 Å². The van der Waals surface area contributed by atoms with Crippen molar-refractivity contribution in [3.8, 4) is 11.5 Å². The number of hydrogen-bond acceptors (Lipinski definition) is 3. The molecule has 3 aromatic carbocycles. The first-order valence-corrected chi connectivity index (χ1v) is 10.8. The molecule has 2 heterocycles. The second-order valence-electron chi connectivity index (χ2n) is 7.81. The summed E-state index contributed by atoms with van der Waals surface area (Å²) >= 11 is 8.25. The van der Waals surface area contributed by atoms with Crippen molar-refractivity contribution in [1.82, 2.24) is 0 Å². The van der Waals surface area contributed by atoms with Crippen LogP contribution in [0.25, 0.3) is 4.91 Å². The summed E-state index contributed by atoms with van der Waals surface area (Å²) in [5.41, 5.74) is 4.25. The zero-order chi connectivity index (χ0) is 20.2. The van der Waals surface area contributed by atoms with E-state index in [1.165, 1.54) is 20.9 Å². The SMILES string of the molecule is COc1ccccc1C1C2=C(Sc3ccc(Cl)cc31)c1ccccc1OC2(C)C. The summed E-state index contributed by atoms with van der Waals surface area (Å²) in [6.45, 7) is 4.30. The van der Waals surface area contributed by atoms with Gasteiger partial charge in [0, 0.05) is 31.9 Å². The molecule has 2 nitrogen and oxygen atoms in total. The van der Waals surface area contributed by atoms with Gasteiger partial charge >= 0.3 is 0 Å². The number of para-hydroxylation sites is 2. The monoisotopic (exact) mass is 420 g/mol. The molecular formula is C25H21ClO2S. The lowest BCUT2D eigenvalue weighted by atomic mass is 9.75. The first kappa shape index (κ1) is 18.7. The minimum absolute atomic E-state index is 0.000504. The van der Waals surface area contributed by atoms with Gasteiger partial charge in [0.25, 0.3) is 0 Å². The number of benzene rings is 3. The van der Waals surface area contributed by atoms with E-state index in [1.54, 1.807) is 18.9 Å². The Hall–Kier alpha value is -2.36. The van der Waals surface area contributed by atoms with Gasteiger partial charge in [0.2, 0.25) is 0 Å². The molecule has 1 atom stereocenters. The van der Waals surface area contributed by atoms with Crippen molar-refractivity contribution in [3.63, 3.8) is 0 Å². The van der Waals surface area contributed by atoms with E-state index in [-0.39, 0.29) is 5.92 Å². The average Bonchev–Trinajstić information content (AvgIpc) is 2.72. The Balaban J connectivity index is 1.85. The second kappa shape index (κ2) is 6.86. The van der Waals surface area contributed by atoms with Gasteiger partial charge in [-0.15, -0.1) is 0 Å². The summed E-state index contributed by atoms with van der Waals surface area (Å²) in [5, 5.41) is 0.739. The van der Waals surface area contributed by atoms with E-state index < -0.39 is 5.60 Å². The molecule has 1 unspecified atom stereocenters. The molecule has 0 radical (unpaired) electrons. The maximum Gasteiger partial charge on any atom is 0.128 e. The third kappa shape index (κ3) is 2.95. The number of hydrogen-bond donors (Lipinski definition) is 0. The van der Waals surface area contributed by atoms with Crippen LogP contribution in [0.15, 0.2) is 77.2 Å². The largest absolute Gasteiger partial charge is 0.496 e. The quantitative estimate of drug-likeness (QED) is 0.437. The molecule has 2 aliphatic rings. The molecule has 0 bridgehead atoms. The van der Waals surface area contributed by atoms with Crippen LogP contribution in [0.4, 0.5) is 0 Å². The third-order valence-corrected chi connectivity index (χ3v) is 7.09. The first-order chi connectivity index (χ1) is 14.0. The normalized spacial score (nSPS) is 19.0. The highest BCUT2D eigenvalue weighted by Gasteiger charge is 2.44. The molecule has 0 aliphatic carbocycles. The van der Waals surface area contributed by atoms with Crippen molar-refractivity contribution >= 4 is 28.3 Å². The Morgan fingerprint density at radius 3 is 2.55 bits per heavy atom. The Kier molecular flexibility index (Phi) is 4.41. The molecule has 146 valence electrons. The van der Waals surface area contributed by atoms with Crippen LogP contribution >= 0.6 is 23.4 Å². The van der Waals surface area contributed by atoms with Crippen LogP contribution in [0.2, 0.25) is 5.02 Å². The Morgan fingerprint density at radius 1 is 0.966 bits per heavy atom. The Labute approximate surface area is 180 Å². The fourth-order valence-corrected chi connectivity index (χ4v) is 5.99. The summed E-state index contributed by atoms with van der Waals surface area (Å²) in [4.78, 5) is 2.49. The molecule has 0 saturated heterocycles. The fourth-order valence-electron chi connectivity index (χ4n) is 4.41. The van der Waals surface area contributed by atoms with E-state index in [0.29, 0.717) is 0 Å². The van der Waals surface area contributed by atoms with Gasteiger partial charge in [-0.3, -0.25) is 0 Å². The van der Waals surface area contributed by atoms with Gasteiger partial charge in [0.05, 0.1) is 7.11 Å². The lowest BCUT2D eigenvalue weighted by molar-refractivity contribution is 0.139. The molecule has 29 heavy (non-hydrogen) atoms. The predicted molar refractivity (Wildman–Crippen MR) is 120 cm³/mol. The van der Waals surface area contributed by atoms with Crippen LogP contribution in [0.1, 0.15) is 36.5 Å². The molecule has 4 heteroatoms. The van der Waals surface area contributed by atoms with Gasteiger partial charge in [-0.05, 0) is 55.3 Å². The van der Waals surface area contributed by atoms with Crippen LogP contribution in [-0.2, 0) is 0 Å². The lowest BCUT2D eigenvalue weighted by Crippen LogP contribution is -2.38. The highest BCUT2D eigenvalue weighted by atomic mass is 35.5. The van der Waals surface area contributed by atoms with Crippen LogP contribution in [-0.4, -0.2) is 12.7 Å². The zero-order valence-electron chi connectivity index (χ0n) is 16.5. The maximum atomic E-state index is 6.51. The predicted octanol–water partition coefficient (Wildman–Crippen LogP) is 7.17. The van der Waals surface area contributed by atoms with E-state index in [1.807, 2.05) is 24.3 Å². The summed E-state index contributed by atoms with van der Waals surface area (Å²) in [7, 11) is 1.72. The van der Waals surface area contributed by atoms with Gasteiger partial charge in [-0.1, -0.05) is 59.8 Å². The van der Waals surface area contributed by atoms with Crippen molar-refractivity contribution in [2.24, 2.45) is 0 Å². The van der Waals surface area contributed by atoms with Gasteiger partial charge in [-0.2, -0.15) is 0 Å². The van der Waals surface area contributed by atoms with Gasteiger partial charge < -0.3 is 9.47 Å². The molecule has 0 amide bonds. The highest BCUT2D eigenvalue weighted by Crippen LogP contribution is 2.59. The Morgan fingerprint density at radius 2 is 1.72 bits per heavy atom. The minimum atomic E-state index is -0.470. The molecule has 0 fully saturated rings. The summed E-state index contributed by atoms with van der Waals surface area (Å²) in [6, 6.07) is 22.7. The number of rotatable bonds is 2. The first-order valence-electron chi connectivity index (χ1n) is 9.63. The van der Waals surface area contributed by atoms with E-state index in [4.69, 9.17) is 21.1 Å². The fraction of sp³-hybridized carbons (Fsp3) is 0.200. The van der Waals surface area contributed by atoms with Crippen molar-refractivity contribution in [2.45, 2.75) is 30.3 Å². The molecule has 3 aromatic rings. The minimum Gasteiger partial charge on any atom is -0.496 e. The van der Waals surface area contributed by atoms with E-state index in [9.17, 15) is 0 Å². The van der Waals surface area contributed by atoms with Crippen molar-refractivity contribution in [1.29, 1.82) is 0 Å².